The Morgan fingerprint density at radius 3 is 2.26 bits per heavy atom. The van der Waals surface area contributed by atoms with Gasteiger partial charge in [0.2, 0.25) is 11.8 Å². The Morgan fingerprint density at radius 2 is 1.63 bits per heavy atom. The summed E-state index contributed by atoms with van der Waals surface area (Å²) >= 11 is 0. The van der Waals surface area contributed by atoms with Crippen molar-refractivity contribution >= 4 is 21.6 Å². The van der Waals surface area contributed by atoms with Crippen LogP contribution in [0.5, 0.6) is 11.6 Å². The first-order chi connectivity index (χ1) is 16.7. The Labute approximate surface area is 206 Å². The van der Waals surface area contributed by atoms with Crippen LogP contribution in [0.25, 0.3) is 0 Å². The van der Waals surface area contributed by atoms with Gasteiger partial charge in [-0.15, -0.1) is 0 Å². The summed E-state index contributed by atoms with van der Waals surface area (Å²) < 4.78 is 30.5. The number of aryl methyl sites for hydroxylation is 1. The summed E-state index contributed by atoms with van der Waals surface area (Å²) in [5.41, 5.74) is 0.800. The zero-order valence-corrected chi connectivity index (χ0v) is 21.0. The minimum absolute atomic E-state index is 0.0242. The number of anilines is 1. The van der Waals surface area contributed by atoms with E-state index in [-0.39, 0.29) is 17.2 Å². The van der Waals surface area contributed by atoms with Crippen LogP contribution in [0.1, 0.15) is 25.2 Å². The van der Waals surface area contributed by atoms with Gasteiger partial charge in [0.05, 0.1) is 16.6 Å². The molecule has 1 saturated heterocycles. The van der Waals surface area contributed by atoms with Crippen LogP contribution in [0.3, 0.4) is 0 Å². The third-order valence-electron chi connectivity index (χ3n) is 5.95. The predicted octanol–water partition coefficient (Wildman–Crippen LogP) is 3.65. The first kappa shape index (κ1) is 24.7. The van der Waals surface area contributed by atoms with E-state index in [4.69, 9.17) is 4.74 Å². The second kappa shape index (κ2) is 10.4. The van der Waals surface area contributed by atoms with Gasteiger partial charge in [0.1, 0.15) is 17.4 Å². The fourth-order valence-corrected chi connectivity index (χ4v) is 4.95. The average Bonchev–Trinajstić information content (AvgIpc) is 2.84. The zero-order valence-electron chi connectivity index (χ0n) is 20.2. The number of nitrogens with zero attached hydrogens (tertiary/aromatic N) is 4. The van der Waals surface area contributed by atoms with Crippen LogP contribution >= 0.6 is 0 Å². The number of ether oxygens (including phenoxy) is 1. The lowest BCUT2D eigenvalue weighted by Crippen LogP contribution is -2.49. The van der Waals surface area contributed by atoms with E-state index in [9.17, 15) is 13.2 Å². The molecule has 8 nitrogen and oxygen atoms in total. The molecule has 0 unspecified atom stereocenters. The normalized spacial score (nSPS) is 14.3. The number of para-hydroxylation sites is 1. The Hall–Kier alpha value is -3.46. The maximum atomic E-state index is 12.9. The average molecular weight is 495 g/mol. The highest BCUT2D eigenvalue weighted by molar-refractivity contribution is 7.92. The van der Waals surface area contributed by atoms with E-state index >= 15 is 0 Å². The molecule has 0 bridgehead atoms. The standard InChI is InChI=1S/C26H30N4O4S/c1-19(2)35(32,33)23-11-9-21(10-12-23)17-26(31)30-15-13-29(14-16-30)24-18-25(28-20(3)27-24)34-22-7-5-4-6-8-22/h4-12,18-19H,13-17H2,1-3H3. The van der Waals surface area contributed by atoms with E-state index in [1.807, 2.05) is 48.2 Å². The second-order valence-electron chi connectivity index (χ2n) is 8.81. The van der Waals surface area contributed by atoms with Gasteiger partial charge in [0.25, 0.3) is 0 Å². The predicted molar refractivity (Wildman–Crippen MR) is 135 cm³/mol. The molecule has 0 radical (unpaired) electrons. The fraction of sp³-hybridized carbons (Fsp3) is 0.346. The Balaban J connectivity index is 1.35. The summed E-state index contributed by atoms with van der Waals surface area (Å²) in [6, 6.07) is 17.9. The Bertz CT molecular complexity index is 1270. The van der Waals surface area contributed by atoms with Crippen LogP contribution in [0, 0.1) is 6.92 Å². The molecule has 0 spiro atoms. The molecule has 0 N–H and O–H groups in total. The molecule has 0 saturated carbocycles. The molecule has 0 atom stereocenters. The number of benzene rings is 2. The van der Waals surface area contributed by atoms with Gasteiger partial charge < -0.3 is 14.5 Å². The molecule has 9 heteroatoms. The number of sulfone groups is 1. The van der Waals surface area contributed by atoms with Gasteiger partial charge in [-0.05, 0) is 50.6 Å². The molecule has 2 aromatic carbocycles. The molecule has 1 amide bonds. The highest BCUT2D eigenvalue weighted by Gasteiger charge is 2.23. The second-order valence-corrected chi connectivity index (χ2v) is 11.3. The highest BCUT2D eigenvalue weighted by Crippen LogP contribution is 2.24. The summed E-state index contributed by atoms with van der Waals surface area (Å²) in [4.78, 5) is 26.0. The number of carbonyl (C=O) groups is 1. The van der Waals surface area contributed by atoms with Crippen molar-refractivity contribution in [1.29, 1.82) is 0 Å². The molecule has 0 aliphatic carbocycles. The molecular weight excluding hydrogens is 464 g/mol. The molecule has 2 heterocycles. The number of carbonyl (C=O) groups excluding carboxylic acids is 1. The van der Waals surface area contributed by atoms with Gasteiger partial charge in [-0.25, -0.2) is 13.4 Å². The SMILES string of the molecule is Cc1nc(Oc2ccccc2)cc(N2CCN(C(=O)Cc3ccc(S(=O)(=O)C(C)C)cc3)CC2)n1. The van der Waals surface area contributed by atoms with E-state index < -0.39 is 15.1 Å². The topological polar surface area (TPSA) is 92.7 Å². The molecular formula is C26H30N4O4S. The third kappa shape index (κ3) is 5.97. The summed E-state index contributed by atoms with van der Waals surface area (Å²) in [5.74, 6) is 2.62. The van der Waals surface area contributed by atoms with Crippen molar-refractivity contribution in [2.45, 2.75) is 37.3 Å². The monoisotopic (exact) mass is 494 g/mol. The van der Waals surface area contributed by atoms with Crippen molar-refractivity contribution < 1.29 is 17.9 Å². The van der Waals surface area contributed by atoms with Crippen LogP contribution in [0.4, 0.5) is 5.82 Å². The lowest BCUT2D eigenvalue weighted by Gasteiger charge is -2.35. The number of hydrogen-bond donors (Lipinski definition) is 0. The van der Waals surface area contributed by atoms with E-state index in [2.05, 4.69) is 14.9 Å². The summed E-state index contributed by atoms with van der Waals surface area (Å²) in [6.45, 7) is 7.61. The fourth-order valence-electron chi connectivity index (χ4n) is 3.89. The van der Waals surface area contributed by atoms with Gasteiger partial charge in [-0.2, -0.15) is 4.98 Å². The van der Waals surface area contributed by atoms with Crippen molar-refractivity contribution in [3.63, 3.8) is 0 Å². The minimum atomic E-state index is -3.32. The van der Waals surface area contributed by atoms with E-state index in [1.54, 1.807) is 38.1 Å². The van der Waals surface area contributed by atoms with Gasteiger partial charge in [0, 0.05) is 32.2 Å². The van der Waals surface area contributed by atoms with Crippen molar-refractivity contribution in [3.05, 3.63) is 72.1 Å². The van der Waals surface area contributed by atoms with Crippen molar-refractivity contribution in [2.75, 3.05) is 31.1 Å². The van der Waals surface area contributed by atoms with Gasteiger partial charge in [0.15, 0.2) is 9.84 Å². The largest absolute Gasteiger partial charge is 0.439 e. The summed E-state index contributed by atoms with van der Waals surface area (Å²) in [7, 11) is -3.32. The van der Waals surface area contributed by atoms with Crippen LogP contribution in [0.2, 0.25) is 0 Å². The van der Waals surface area contributed by atoms with Gasteiger partial charge >= 0.3 is 0 Å². The van der Waals surface area contributed by atoms with E-state index in [0.717, 1.165) is 11.4 Å². The highest BCUT2D eigenvalue weighted by atomic mass is 32.2. The number of hydrogen-bond acceptors (Lipinski definition) is 7. The number of rotatable bonds is 7. The molecule has 1 aromatic heterocycles. The van der Waals surface area contributed by atoms with Crippen LogP contribution in [0.15, 0.2) is 65.6 Å². The quantitative estimate of drug-likeness (QED) is 0.495. The number of aromatic nitrogens is 2. The zero-order chi connectivity index (χ0) is 25.0. The molecule has 1 aliphatic rings. The molecule has 1 fully saturated rings. The van der Waals surface area contributed by atoms with Crippen molar-refractivity contribution in [3.8, 4) is 11.6 Å². The lowest BCUT2D eigenvalue weighted by molar-refractivity contribution is -0.130. The Kier molecular flexibility index (Phi) is 7.35. The van der Waals surface area contributed by atoms with Gasteiger partial charge in [-0.1, -0.05) is 30.3 Å². The molecule has 184 valence electrons. The number of amides is 1. The molecule has 4 rings (SSSR count). The van der Waals surface area contributed by atoms with Crippen LogP contribution in [-0.4, -0.2) is 60.6 Å². The summed E-state index contributed by atoms with van der Waals surface area (Å²) in [5, 5.41) is -0.481. The van der Waals surface area contributed by atoms with Crippen LogP contribution < -0.4 is 9.64 Å². The summed E-state index contributed by atoms with van der Waals surface area (Å²) in [6.07, 6.45) is 0.240. The minimum Gasteiger partial charge on any atom is -0.439 e. The molecule has 1 aliphatic heterocycles. The van der Waals surface area contributed by atoms with E-state index in [0.29, 0.717) is 43.6 Å². The van der Waals surface area contributed by atoms with Crippen molar-refractivity contribution in [2.24, 2.45) is 0 Å². The Morgan fingerprint density at radius 1 is 0.971 bits per heavy atom. The van der Waals surface area contributed by atoms with Crippen LogP contribution in [-0.2, 0) is 21.1 Å². The third-order valence-corrected chi connectivity index (χ3v) is 8.12. The first-order valence-electron chi connectivity index (χ1n) is 11.7. The smallest absolute Gasteiger partial charge is 0.227 e. The number of piperazine rings is 1. The molecule has 35 heavy (non-hydrogen) atoms. The maximum Gasteiger partial charge on any atom is 0.227 e. The van der Waals surface area contributed by atoms with Gasteiger partial charge in [-0.3, -0.25) is 4.79 Å². The maximum absolute atomic E-state index is 12.9. The van der Waals surface area contributed by atoms with Crippen molar-refractivity contribution in [1.82, 2.24) is 14.9 Å². The first-order valence-corrected chi connectivity index (χ1v) is 13.2. The van der Waals surface area contributed by atoms with E-state index in [1.165, 1.54) is 0 Å². The molecule has 3 aromatic rings. The lowest BCUT2D eigenvalue weighted by atomic mass is 10.1.